The summed E-state index contributed by atoms with van der Waals surface area (Å²) in [6, 6.07) is 12.3. The predicted molar refractivity (Wildman–Crippen MR) is 108 cm³/mol. The molecule has 5 nitrogen and oxygen atoms in total. The molecule has 0 fully saturated rings. The maximum atomic E-state index is 13.3. The molecule has 1 N–H and O–H groups in total. The van der Waals surface area contributed by atoms with E-state index in [2.05, 4.69) is 0 Å². The second-order valence-corrected chi connectivity index (χ2v) is 7.15. The molecule has 1 heterocycles. The van der Waals surface area contributed by atoms with Crippen LogP contribution in [0, 0.1) is 5.82 Å². The molecule has 2 amide bonds. The van der Waals surface area contributed by atoms with Crippen LogP contribution in [0.25, 0.3) is 5.57 Å². The highest BCUT2D eigenvalue weighted by Gasteiger charge is 2.41. The van der Waals surface area contributed by atoms with Gasteiger partial charge in [0.2, 0.25) is 0 Å². The third kappa shape index (κ3) is 3.95. The quantitative estimate of drug-likeness (QED) is 0.685. The van der Waals surface area contributed by atoms with Crippen molar-refractivity contribution < 1.29 is 23.8 Å². The average Bonchev–Trinajstić information content (AvgIpc) is 2.95. The standard InChI is InChI=1S/C21H20FNO4S/c1-2-12-27-17-6-4-3-5-16(17)23-20(25)18(14-7-9-15(22)10-8-14)19(21(23)26)28-13-11-24/h3-10,24H,2,11-13H2,1H3. The van der Waals surface area contributed by atoms with Gasteiger partial charge < -0.3 is 9.84 Å². The molecule has 0 spiro atoms. The Hall–Kier alpha value is -2.64. The van der Waals surface area contributed by atoms with Gasteiger partial charge in [0.15, 0.2) is 0 Å². The molecule has 0 saturated heterocycles. The normalized spacial score (nSPS) is 14.2. The number of imide groups is 1. The third-order valence-corrected chi connectivity index (χ3v) is 5.13. The van der Waals surface area contributed by atoms with Gasteiger partial charge in [0, 0.05) is 5.75 Å². The van der Waals surface area contributed by atoms with Crippen molar-refractivity contribution in [1.29, 1.82) is 0 Å². The first-order valence-electron chi connectivity index (χ1n) is 8.93. The lowest BCUT2D eigenvalue weighted by Gasteiger charge is -2.19. The first-order valence-corrected chi connectivity index (χ1v) is 9.91. The molecule has 3 rings (SSSR count). The Kier molecular flexibility index (Phi) is 6.49. The van der Waals surface area contributed by atoms with Gasteiger partial charge >= 0.3 is 0 Å². The lowest BCUT2D eigenvalue weighted by Crippen LogP contribution is -2.31. The van der Waals surface area contributed by atoms with Crippen molar-refractivity contribution in [1.82, 2.24) is 0 Å². The monoisotopic (exact) mass is 401 g/mol. The smallest absolute Gasteiger partial charge is 0.272 e. The highest BCUT2D eigenvalue weighted by Crippen LogP contribution is 2.41. The van der Waals surface area contributed by atoms with Crippen molar-refractivity contribution in [3.05, 3.63) is 64.8 Å². The van der Waals surface area contributed by atoms with Crippen molar-refractivity contribution >= 4 is 34.8 Å². The molecule has 28 heavy (non-hydrogen) atoms. The highest BCUT2D eigenvalue weighted by molar-refractivity contribution is 8.04. The fraction of sp³-hybridized carbons (Fsp3) is 0.238. The van der Waals surface area contributed by atoms with E-state index in [1.165, 1.54) is 24.3 Å². The highest BCUT2D eigenvalue weighted by atomic mass is 32.2. The van der Waals surface area contributed by atoms with Crippen LogP contribution < -0.4 is 9.64 Å². The SMILES string of the molecule is CCCOc1ccccc1N1C(=O)C(SCCO)=C(c2ccc(F)cc2)C1=O. The summed E-state index contributed by atoms with van der Waals surface area (Å²) in [6.07, 6.45) is 0.785. The summed E-state index contributed by atoms with van der Waals surface area (Å²) in [4.78, 5) is 27.7. The molecule has 0 aliphatic carbocycles. The van der Waals surface area contributed by atoms with E-state index >= 15 is 0 Å². The third-order valence-electron chi connectivity index (χ3n) is 4.08. The number of halogens is 1. The summed E-state index contributed by atoms with van der Waals surface area (Å²) < 4.78 is 19.0. The van der Waals surface area contributed by atoms with Gasteiger partial charge in [0.25, 0.3) is 11.8 Å². The maximum absolute atomic E-state index is 13.3. The topological polar surface area (TPSA) is 66.8 Å². The van der Waals surface area contributed by atoms with Gasteiger partial charge in [-0.3, -0.25) is 9.59 Å². The molecule has 2 aromatic rings. The summed E-state index contributed by atoms with van der Waals surface area (Å²) in [5, 5.41) is 9.17. The van der Waals surface area contributed by atoms with E-state index in [4.69, 9.17) is 4.74 Å². The number of aliphatic hydroxyl groups excluding tert-OH is 1. The van der Waals surface area contributed by atoms with E-state index in [-0.39, 0.29) is 22.8 Å². The number of amides is 2. The van der Waals surface area contributed by atoms with Gasteiger partial charge in [-0.15, -0.1) is 11.8 Å². The zero-order chi connectivity index (χ0) is 20.1. The number of hydrogen-bond acceptors (Lipinski definition) is 5. The van der Waals surface area contributed by atoms with Crippen molar-refractivity contribution in [2.24, 2.45) is 0 Å². The predicted octanol–water partition coefficient (Wildman–Crippen LogP) is 3.62. The molecule has 0 aromatic heterocycles. The van der Waals surface area contributed by atoms with Crippen LogP contribution in [0.1, 0.15) is 18.9 Å². The Morgan fingerprint density at radius 3 is 2.46 bits per heavy atom. The van der Waals surface area contributed by atoms with Gasteiger partial charge in [0.05, 0.1) is 29.4 Å². The zero-order valence-corrected chi connectivity index (χ0v) is 16.2. The molecule has 7 heteroatoms. The zero-order valence-electron chi connectivity index (χ0n) is 15.4. The number of hydrogen-bond donors (Lipinski definition) is 1. The fourth-order valence-electron chi connectivity index (χ4n) is 2.86. The summed E-state index contributed by atoms with van der Waals surface area (Å²) in [5.74, 6) is -0.695. The number of ether oxygens (including phenoxy) is 1. The number of rotatable bonds is 8. The Bertz CT molecular complexity index is 911. The van der Waals surface area contributed by atoms with Gasteiger partial charge in [-0.05, 0) is 36.2 Å². The molecular formula is C21H20FNO4S. The maximum Gasteiger partial charge on any atom is 0.272 e. The van der Waals surface area contributed by atoms with Crippen molar-refractivity contribution in [2.75, 3.05) is 23.9 Å². The number of thioether (sulfide) groups is 1. The fourth-order valence-corrected chi connectivity index (χ4v) is 3.72. The first kappa shape index (κ1) is 20.1. The van der Waals surface area contributed by atoms with E-state index in [1.807, 2.05) is 6.92 Å². The lowest BCUT2D eigenvalue weighted by molar-refractivity contribution is -0.119. The van der Waals surface area contributed by atoms with Crippen molar-refractivity contribution in [2.45, 2.75) is 13.3 Å². The van der Waals surface area contributed by atoms with E-state index in [0.29, 0.717) is 23.6 Å². The number of benzene rings is 2. The largest absolute Gasteiger partial charge is 0.491 e. The van der Waals surface area contributed by atoms with Crippen molar-refractivity contribution in [3.8, 4) is 5.75 Å². The van der Waals surface area contributed by atoms with E-state index < -0.39 is 17.6 Å². The van der Waals surface area contributed by atoms with Gasteiger partial charge in [-0.25, -0.2) is 9.29 Å². The Morgan fingerprint density at radius 2 is 1.79 bits per heavy atom. The van der Waals surface area contributed by atoms with E-state index in [0.717, 1.165) is 23.1 Å². The van der Waals surface area contributed by atoms with Crippen LogP contribution >= 0.6 is 11.8 Å². The molecule has 146 valence electrons. The van der Waals surface area contributed by atoms with Crippen LogP contribution in [-0.4, -0.2) is 35.9 Å². The van der Waals surface area contributed by atoms with Crippen LogP contribution in [0.5, 0.6) is 5.75 Å². The van der Waals surface area contributed by atoms with Gasteiger partial charge in [0.1, 0.15) is 11.6 Å². The molecular weight excluding hydrogens is 381 g/mol. The molecule has 0 saturated carbocycles. The number of aliphatic hydroxyl groups is 1. The van der Waals surface area contributed by atoms with Crippen LogP contribution in [0.2, 0.25) is 0 Å². The number of carbonyl (C=O) groups is 2. The van der Waals surface area contributed by atoms with Crippen molar-refractivity contribution in [3.63, 3.8) is 0 Å². The molecule has 1 aliphatic heterocycles. The first-order chi connectivity index (χ1) is 13.6. The van der Waals surface area contributed by atoms with E-state index in [1.54, 1.807) is 24.3 Å². The van der Waals surface area contributed by atoms with Crippen LogP contribution in [0.4, 0.5) is 10.1 Å². The Labute approximate surface area is 166 Å². The molecule has 0 unspecified atom stereocenters. The van der Waals surface area contributed by atoms with Crippen LogP contribution in [-0.2, 0) is 9.59 Å². The number of nitrogens with zero attached hydrogens (tertiary/aromatic N) is 1. The second-order valence-electron chi connectivity index (χ2n) is 6.04. The summed E-state index contributed by atoms with van der Waals surface area (Å²) >= 11 is 1.11. The number of carbonyl (C=O) groups excluding carboxylic acids is 2. The molecule has 2 aromatic carbocycles. The average molecular weight is 401 g/mol. The minimum Gasteiger partial charge on any atom is -0.491 e. The Morgan fingerprint density at radius 1 is 1.07 bits per heavy atom. The number of anilines is 1. The summed E-state index contributed by atoms with van der Waals surface area (Å²) in [6.45, 7) is 2.28. The molecule has 0 radical (unpaired) electrons. The Balaban J connectivity index is 2.05. The molecule has 1 aliphatic rings. The van der Waals surface area contributed by atoms with Gasteiger partial charge in [-0.2, -0.15) is 0 Å². The molecule has 0 bridgehead atoms. The number of para-hydroxylation sites is 2. The van der Waals surface area contributed by atoms with Gasteiger partial charge in [-0.1, -0.05) is 31.2 Å². The summed E-state index contributed by atoms with van der Waals surface area (Å²) in [7, 11) is 0. The minimum atomic E-state index is -0.496. The minimum absolute atomic E-state index is 0.136. The van der Waals surface area contributed by atoms with E-state index in [9.17, 15) is 19.1 Å². The molecule has 0 atom stereocenters. The van der Waals surface area contributed by atoms with Crippen LogP contribution in [0.15, 0.2) is 53.4 Å². The van der Waals surface area contributed by atoms with Crippen LogP contribution in [0.3, 0.4) is 0 Å². The lowest BCUT2D eigenvalue weighted by atomic mass is 10.1. The second kappa shape index (κ2) is 9.03. The summed E-state index contributed by atoms with van der Waals surface area (Å²) in [5.41, 5.74) is 1.02.